The average Bonchev–Trinajstić information content (AvgIpc) is 2.87. The molecule has 0 saturated heterocycles. The van der Waals surface area contributed by atoms with Crippen molar-refractivity contribution in [2.75, 3.05) is 70.5 Å². The van der Waals surface area contributed by atoms with E-state index < -0.39 is 47.2 Å². The maximum absolute atomic E-state index is 13.5. The van der Waals surface area contributed by atoms with Gasteiger partial charge in [0.05, 0.1) is 65.9 Å². The molecule has 1 aromatic carbocycles. The number of unbranched alkanes of at least 4 members (excludes halogenated alkanes) is 3. The number of esters is 1. The lowest BCUT2D eigenvalue weighted by Gasteiger charge is -2.09. The minimum Gasteiger partial charge on any atom is -0.420 e. The minimum atomic E-state index is -2.34. The number of rotatable bonds is 22. The molecule has 0 aliphatic carbocycles. The fraction of sp³-hybridized carbons (Fsp3) is 0.696. The summed E-state index contributed by atoms with van der Waals surface area (Å²) in [5.74, 6) is -14.0. The first kappa shape index (κ1) is 32.9. The Morgan fingerprint density at radius 2 is 0.917 bits per heavy atom. The molecule has 0 aliphatic rings. The van der Waals surface area contributed by atoms with Crippen molar-refractivity contribution >= 4 is 28.6 Å². The molecule has 0 radical (unpaired) electrons. The number of ether oxygens (including phenoxy) is 6. The summed E-state index contributed by atoms with van der Waals surface area (Å²) < 4.78 is 98.1. The third-order valence-corrected chi connectivity index (χ3v) is 5.26. The predicted octanol–water partition coefficient (Wildman–Crippen LogP) is 4.76. The van der Waals surface area contributed by atoms with Gasteiger partial charge in [-0.3, -0.25) is 4.79 Å². The van der Waals surface area contributed by atoms with Crippen LogP contribution >= 0.6 is 22.6 Å². The van der Waals surface area contributed by atoms with Crippen molar-refractivity contribution < 1.29 is 55.2 Å². The van der Waals surface area contributed by atoms with E-state index in [1.807, 2.05) is 0 Å². The zero-order chi connectivity index (χ0) is 26.6. The standard InChI is InChI=1S/C23H32F5IO7/c24-18-19(25)21(27)23(22(28)20(18)26)36-17(30)5-8-32-10-12-34-14-16-35-15-13-33-11-9-31-7-4-2-1-3-6-29/h1-16H2. The Bertz CT molecular complexity index is 729. The van der Waals surface area contributed by atoms with Crippen LogP contribution in [0.3, 0.4) is 0 Å². The number of hydrogen-bond acceptors (Lipinski definition) is 7. The molecule has 0 bridgehead atoms. The average molecular weight is 642 g/mol. The Labute approximate surface area is 221 Å². The van der Waals surface area contributed by atoms with Crippen LogP contribution in [0, 0.1) is 29.1 Å². The Morgan fingerprint density at radius 1 is 0.528 bits per heavy atom. The van der Waals surface area contributed by atoms with Gasteiger partial charge in [-0.25, -0.2) is 13.2 Å². The summed E-state index contributed by atoms with van der Waals surface area (Å²) in [4.78, 5) is 11.6. The van der Waals surface area contributed by atoms with Crippen LogP contribution < -0.4 is 4.74 Å². The van der Waals surface area contributed by atoms with Gasteiger partial charge in [0, 0.05) is 6.61 Å². The number of alkyl halides is 1. The van der Waals surface area contributed by atoms with Crippen LogP contribution in [0.4, 0.5) is 22.0 Å². The molecule has 208 valence electrons. The summed E-state index contributed by atoms with van der Waals surface area (Å²) in [6.07, 6.45) is 4.30. The molecule has 36 heavy (non-hydrogen) atoms. The first-order valence-electron chi connectivity index (χ1n) is 11.6. The van der Waals surface area contributed by atoms with E-state index in [0.717, 1.165) is 13.0 Å². The van der Waals surface area contributed by atoms with Crippen LogP contribution in [0.5, 0.6) is 5.75 Å². The van der Waals surface area contributed by atoms with Crippen molar-refractivity contribution in [2.45, 2.75) is 32.1 Å². The predicted molar refractivity (Wildman–Crippen MR) is 128 cm³/mol. The Hall–Kier alpha value is -1.13. The van der Waals surface area contributed by atoms with Crippen molar-refractivity contribution in [3.63, 3.8) is 0 Å². The summed E-state index contributed by atoms with van der Waals surface area (Å²) in [6.45, 7) is 3.46. The molecule has 13 heteroatoms. The lowest BCUT2D eigenvalue weighted by Crippen LogP contribution is -2.16. The van der Waals surface area contributed by atoms with Crippen molar-refractivity contribution in [3.05, 3.63) is 29.1 Å². The molecule has 0 amide bonds. The highest BCUT2D eigenvalue weighted by atomic mass is 127. The Morgan fingerprint density at radius 3 is 1.39 bits per heavy atom. The molecule has 0 heterocycles. The van der Waals surface area contributed by atoms with Crippen LogP contribution in [0.1, 0.15) is 32.1 Å². The highest BCUT2D eigenvalue weighted by Gasteiger charge is 2.28. The molecule has 0 N–H and O–H groups in total. The summed E-state index contributed by atoms with van der Waals surface area (Å²) in [5.41, 5.74) is 0. The largest absolute Gasteiger partial charge is 0.420 e. The second kappa shape index (κ2) is 20.9. The first-order valence-corrected chi connectivity index (χ1v) is 13.1. The fourth-order valence-corrected chi connectivity index (χ4v) is 3.17. The minimum absolute atomic E-state index is 0.108. The monoisotopic (exact) mass is 642 g/mol. The molecule has 0 unspecified atom stereocenters. The summed E-state index contributed by atoms with van der Waals surface area (Å²) in [5, 5.41) is 0. The van der Waals surface area contributed by atoms with Crippen molar-refractivity contribution in [3.8, 4) is 5.75 Å². The SMILES string of the molecule is O=C(CCOCCOCCOCCOCCOCCCCCCI)Oc1c(F)c(F)c(F)c(F)c1F. The van der Waals surface area contributed by atoms with Crippen LogP contribution in [-0.4, -0.2) is 76.5 Å². The molecule has 0 spiro atoms. The zero-order valence-corrected chi connectivity index (χ0v) is 22.1. The molecule has 0 atom stereocenters. The van der Waals surface area contributed by atoms with Gasteiger partial charge in [-0.2, -0.15) is 8.78 Å². The molecule has 1 aromatic rings. The smallest absolute Gasteiger partial charge is 0.313 e. The second-order valence-corrected chi connectivity index (χ2v) is 8.37. The highest BCUT2D eigenvalue weighted by molar-refractivity contribution is 14.1. The number of carbonyl (C=O) groups excluding carboxylic acids is 1. The zero-order valence-electron chi connectivity index (χ0n) is 19.9. The molecule has 0 saturated carbocycles. The third kappa shape index (κ3) is 14.0. The van der Waals surface area contributed by atoms with Gasteiger partial charge in [0.25, 0.3) is 0 Å². The second-order valence-electron chi connectivity index (χ2n) is 7.29. The molecule has 0 aromatic heterocycles. The molecule has 1 rings (SSSR count). The third-order valence-electron chi connectivity index (χ3n) is 4.50. The van der Waals surface area contributed by atoms with Crippen molar-refractivity contribution in [1.29, 1.82) is 0 Å². The van der Waals surface area contributed by atoms with Gasteiger partial charge < -0.3 is 28.4 Å². The van der Waals surface area contributed by atoms with E-state index in [9.17, 15) is 26.7 Å². The van der Waals surface area contributed by atoms with E-state index in [4.69, 9.17) is 23.7 Å². The van der Waals surface area contributed by atoms with E-state index in [1.54, 1.807) is 0 Å². The number of benzene rings is 1. The Balaban J connectivity index is 1.91. The summed E-state index contributed by atoms with van der Waals surface area (Å²) >= 11 is 2.38. The van der Waals surface area contributed by atoms with Crippen molar-refractivity contribution in [2.24, 2.45) is 0 Å². The maximum atomic E-state index is 13.5. The van der Waals surface area contributed by atoms with Gasteiger partial charge >= 0.3 is 5.97 Å². The normalized spacial score (nSPS) is 11.3. The van der Waals surface area contributed by atoms with E-state index >= 15 is 0 Å². The molecule has 0 aliphatic heterocycles. The topological polar surface area (TPSA) is 72.5 Å². The first-order chi connectivity index (χ1) is 17.4. The van der Waals surface area contributed by atoms with Gasteiger partial charge in [0.1, 0.15) is 0 Å². The van der Waals surface area contributed by atoms with E-state index in [2.05, 4.69) is 27.3 Å². The summed E-state index contributed by atoms with van der Waals surface area (Å²) in [7, 11) is 0. The lowest BCUT2D eigenvalue weighted by atomic mass is 10.2. The maximum Gasteiger partial charge on any atom is 0.313 e. The van der Waals surface area contributed by atoms with Gasteiger partial charge in [0.2, 0.25) is 34.8 Å². The molecule has 0 fully saturated rings. The lowest BCUT2D eigenvalue weighted by molar-refractivity contribution is -0.136. The highest BCUT2D eigenvalue weighted by Crippen LogP contribution is 2.29. The van der Waals surface area contributed by atoms with Gasteiger partial charge in [-0.05, 0) is 17.3 Å². The molecular formula is C23H32F5IO7. The van der Waals surface area contributed by atoms with Gasteiger partial charge in [-0.1, -0.05) is 35.4 Å². The Kier molecular flexibility index (Phi) is 19.1. The van der Waals surface area contributed by atoms with E-state index in [-0.39, 0.29) is 19.8 Å². The van der Waals surface area contributed by atoms with E-state index in [0.29, 0.717) is 39.6 Å². The fourth-order valence-electron chi connectivity index (χ4n) is 2.63. The van der Waals surface area contributed by atoms with Crippen LogP contribution in [0.2, 0.25) is 0 Å². The van der Waals surface area contributed by atoms with Crippen LogP contribution in [0.25, 0.3) is 0 Å². The van der Waals surface area contributed by atoms with Crippen molar-refractivity contribution in [1.82, 2.24) is 0 Å². The van der Waals surface area contributed by atoms with Gasteiger partial charge in [-0.15, -0.1) is 0 Å². The van der Waals surface area contributed by atoms with Gasteiger partial charge in [0.15, 0.2) is 0 Å². The quantitative estimate of drug-likeness (QED) is 0.0264. The van der Waals surface area contributed by atoms with Crippen LogP contribution in [-0.2, 0) is 28.5 Å². The van der Waals surface area contributed by atoms with Crippen LogP contribution in [0.15, 0.2) is 0 Å². The number of halogens is 6. The van der Waals surface area contributed by atoms with E-state index in [1.165, 1.54) is 23.7 Å². The summed E-state index contributed by atoms with van der Waals surface area (Å²) in [6, 6.07) is 0. The molecular weight excluding hydrogens is 610 g/mol. The number of carbonyl (C=O) groups is 1. The molecule has 7 nitrogen and oxygen atoms in total. The number of hydrogen-bond donors (Lipinski definition) is 0.